The zero-order valence-electron chi connectivity index (χ0n) is 2.28. The molecule has 0 aliphatic carbocycles. The zero-order valence-corrected chi connectivity index (χ0v) is 7.33. The fourth-order valence-corrected chi connectivity index (χ4v) is 0. The average Bonchev–Trinajstić information content (AvgIpc) is 1.38. The maximum absolute atomic E-state index is 4.89. The molecule has 0 spiro atoms. The molecule has 0 atom stereocenters. The summed E-state index contributed by atoms with van der Waals surface area (Å²) in [6.07, 6.45) is 0. The van der Waals surface area contributed by atoms with Crippen LogP contribution in [0.2, 0.25) is 0 Å². The van der Waals surface area contributed by atoms with Gasteiger partial charge >= 0.3 is 49.2 Å². The quantitative estimate of drug-likeness (QED) is 0.405. The summed E-state index contributed by atoms with van der Waals surface area (Å²) in [5.41, 5.74) is 0. The van der Waals surface area contributed by atoms with Crippen LogP contribution in [0.15, 0.2) is 0 Å². The predicted octanol–water partition coefficient (Wildman–Crippen LogP) is 0.224. The van der Waals surface area contributed by atoms with Crippen LogP contribution in [0, 0.1) is 0 Å². The molecule has 0 aliphatic rings. The molecule has 0 saturated carbocycles. The van der Waals surface area contributed by atoms with Crippen molar-refractivity contribution < 1.29 is 0 Å². The second-order valence-electron chi connectivity index (χ2n) is 0.362. The predicted molar refractivity (Wildman–Crippen MR) is 30.9 cm³/mol. The molecule has 0 rings (SSSR count). The monoisotopic (exact) mass is 264 g/mol. The van der Waals surface area contributed by atoms with Crippen molar-refractivity contribution >= 4 is 39.0 Å². The first-order valence-corrected chi connectivity index (χ1v) is 10.6. The molecule has 0 saturated heterocycles. The number of hydrogen-bond acceptors (Lipinski definition) is 2. The number of hydrogen-bond donors (Lipinski definition) is 2. The third-order valence-corrected chi connectivity index (χ3v) is 2.63. The van der Waals surface area contributed by atoms with E-state index in [4.69, 9.17) is 5.84 Å². The molecule has 0 aromatic heterocycles. The molecule has 0 fully saturated rings. The molecule has 3 N–H and O–H groups in total. The molecule has 0 heterocycles. The molecule has 5 heavy (non-hydrogen) atoms. The van der Waals surface area contributed by atoms with Gasteiger partial charge in [0.05, 0.1) is 0 Å². The summed E-state index contributed by atoms with van der Waals surface area (Å²) in [5.74, 6) is 4.89. The summed E-state index contributed by atoms with van der Waals surface area (Å²) in [6.45, 7) is 0. The second kappa shape index (κ2) is 3.62. The van der Waals surface area contributed by atoms with Crippen LogP contribution in [-0.4, -0.2) is 11.1 Å². The van der Waals surface area contributed by atoms with Crippen molar-refractivity contribution in [1.82, 2.24) is 4.34 Å². The minimum absolute atomic E-state index is 1.05. The Labute approximate surface area is 49.1 Å². The van der Waals surface area contributed by atoms with Crippen LogP contribution in [-0.2, 0) is 0 Å². The summed E-state index contributed by atoms with van der Waals surface area (Å²) < 4.78 is 2.51. The van der Waals surface area contributed by atoms with Gasteiger partial charge in [-0.15, -0.1) is 0 Å². The van der Waals surface area contributed by atoms with Gasteiger partial charge in [-0.3, -0.25) is 0 Å². The molecule has 2 nitrogen and oxygen atoms in total. The molecule has 0 unspecified atom stereocenters. The molecular weight excluding hydrogens is 263 g/mol. The first-order chi connectivity index (χ1) is 2.27. The van der Waals surface area contributed by atoms with E-state index in [-0.39, 0.29) is 0 Å². The normalized spacial score (nSPS) is 9.60. The molecular formula is H3AsBr2N2. The number of nitrogens with two attached hydrogens (primary N) is 1. The minimum atomic E-state index is -1.05. The molecule has 0 aromatic rings. The Balaban J connectivity index is 2.54. The fourth-order valence-electron chi connectivity index (χ4n) is 0. The maximum atomic E-state index is 4.89. The van der Waals surface area contributed by atoms with Gasteiger partial charge in [-0.1, -0.05) is 0 Å². The van der Waals surface area contributed by atoms with E-state index in [0.717, 1.165) is 0 Å². The van der Waals surface area contributed by atoms with Crippen LogP contribution in [0.1, 0.15) is 0 Å². The Morgan fingerprint density at radius 1 is 1.60 bits per heavy atom. The van der Waals surface area contributed by atoms with Crippen molar-refractivity contribution in [1.29, 1.82) is 0 Å². The van der Waals surface area contributed by atoms with Gasteiger partial charge in [0.1, 0.15) is 0 Å². The van der Waals surface area contributed by atoms with Crippen molar-refractivity contribution in [2.45, 2.75) is 0 Å². The van der Waals surface area contributed by atoms with Gasteiger partial charge in [-0.2, -0.15) is 0 Å². The van der Waals surface area contributed by atoms with Crippen molar-refractivity contribution in [3.05, 3.63) is 0 Å². The van der Waals surface area contributed by atoms with Crippen LogP contribution in [0.3, 0.4) is 0 Å². The van der Waals surface area contributed by atoms with Gasteiger partial charge in [0.2, 0.25) is 0 Å². The third kappa shape index (κ3) is 5.44. The summed E-state index contributed by atoms with van der Waals surface area (Å²) in [6, 6.07) is 0. The van der Waals surface area contributed by atoms with E-state index in [1.807, 2.05) is 0 Å². The van der Waals surface area contributed by atoms with Gasteiger partial charge in [0, 0.05) is 0 Å². The molecule has 32 valence electrons. The molecule has 0 aliphatic heterocycles. The van der Waals surface area contributed by atoms with Crippen molar-refractivity contribution in [3.8, 4) is 0 Å². The standard InChI is InChI=1S/AsBr2H3N2/c2-1(3)5-4/h5H,4H2. The van der Waals surface area contributed by atoms with E-state index in [9.17, 15) is 0 Å². The van der Waals surface area contributed by atoms with Crippen molar-refractivity contribution in [3.63, 3.8) is 0 Å². The SMILES string of the molecule is NN[As](Br)Br. The zero-order chi connectivity index (χ0) is 4.28. The van der Waals surface area contributed by atoms with Crippen molar-refractivity contribution in [2.75, 3.05) is 0 Å². The van der Waals surface area contributed by atoms with E-state index in [1.165, 1.54) is 0 Å². The van der Waals surface area contributed by atoms with Crippen molar-refractivity contribution in [2.24, 2.45) is 5.84 Å². The summed E-state index contributed by atoms with van der Waals surface area (Å²) in [5, 5.41) is 0. The van der Waals surface area contributed by atoms with Gasteiger partial charge in [-0.25, -0.2) is 0 Å². The second-order valence-corrected chi connectivity index (χ2v) is 14.2. The Morgan fingerprint density at radius 2 is 1.80 bits per heavy atom. The molecule has 5 heteroatoms. The van der Waals surface area contributed by atoms with Gasteiger partial charge in [0.25, 0.3) is 0 Å². The molecule has 0 aromatic carbocycles. The molecule has 0 radical (unpaired) electrons. The topological polar surface area (TPSA) is 38.0 Å². The number of hydrazine groups is 1. The Bertz CT molecular complexity index is 21.6. The Morgan fingerprint density at radius 3 is 1.80 bits per heavy atom. The van der Waals surface area contributed by atoms with Crippen LogP contribution in [0.4, 0.5) is 0 Å². The van der Waals surface area contributed by atoms with E-state index in [2.05, 4.69) is 32.2 Å². The van der Waals surface area contributed by atoms with E-state index >= 15 is 0 Å². The molecule has 0 amide bonds. The van der Waals surface area contributed by atoms with Crippen LogP contribution in [0.25, 0.3) is 0 Å². The Hall–Kier alpha value is 1.44. The number of halogens is 2. The average molecular weight is 266 g/mol. The molecule has 0 bridgehead atoms. The first kappa shape index (κ1) is 6.44. The Kier molecular flexibility index (Phi) is 4.66. The van der Waals surface area contributed by atoms with Gasteiger partial charge in [0.15, 0.2) is 0 Å². The first-order valence-electron chi connectivity index (χ1n) is 0.850. The van der Waals surface area contributed by atoms with E-state index in [1.54, 1.807) is 0 Å². The summed E-state index contributed by atoms with van der Waals surface area (Å²) in [7, 11) is 0. The number of rotatable bonds is 1. The van der Waals surface area contributed by atoms with Crippen LogP contribution < -0.4 is 10.2 Å². The third-order valence-electron chi connectivity index (χ3n) is 0.0976. The number of nitrogens with one attached hydrogen (secondary N) is 1. The van der Waals surface area contributed by atoms with Crippen LogP contribution >= 0.6 is 27.9 Å². The van der Waals surface area contributed by atoms with Gasteiger partial charge in [-0.05, 0) is 0 Å². The summed E-state index contributed by atoms with van der Waals surface area (Å²) in [4.78, 5) is 0. The van der Waals surface area contributed by atoms with Crippen LogP contribution in [0.5, 0.6) is 0 Å². The van der Waals surface area contributed by atoms with Gasteiger partial charge < -0.3 is 0 Å². The van der Waals surface area contributed by atoms with E-state index < -0.39 is 11.1 Å². The summed E-state index contributed by atoms with van der Waals surface area (Å²) >= 11 is 5.35. The fraction of sp³-hybridized carbons (Fsp3) is 0. The van der Waals surface area contributed by atoms with E-state index in [0.29, 0.717) is 0 Å².